The standard InChI is InChI=1S/C22H13Cl2F4N7/c23-15-2-1-3-16(25)18(15)19-32-20(31-14-8-9-17(24)29-11-14)34-21(33-19)35-30-10-12-4-6-13(7-5-12)22(26,27)28/h1-11H,(H2,31,32,33,34,35). The van der Waals surface area contributed by atoms with Crippen molar-refractivity contribution in [1.29, 1.82) is 0 Å². The molecule has 2 N–H and O–H groups in total. The second-order valence-corrected chi connectivity index (χ2v) is 7.68. The van der Waals surface area contributed by atoms with Gasteiger partial charge in [0.05, 0.1) is 34.2 Å². The quantitative estimate of drug-likeness (QED) is 0.129. The van der Waals surface area contributed by atoms with Crippen molar-refractivity contribution in [2.24, 2.45) is 5.10 Å². The van der Waals surface area contributed by atoms with Crippen LogP contribution in [0.15, 0.2) is 65.9 Å². The van der Waals surface area contributed by atoms with Gasteiger partial charge >= 0.3 is 6.18 Å². The normalized spacial score (nSPS) is 11.6. The van der Waals surface area contributed by atoms with Crippen LogP contribution in [-0.4, -0.2) is 26.2 Å². The third-order valence-corrected chi connectivity index (χ3v) is 4.96. The van der Waals surface area contributed by atoms with Gasteiger partial charge in [-0.15, -0.1) is 0 Å². The zero-order valence-electron chi connectivity index (χ0n) is 17.4. The molecule has 0 aliphatic heterocycles. The SMILES string of the molecule is Fc1cccc(Cl)c1-c1nc(NN=Cc2ccc(C(F)(F)F)cc2)nc(Nc2ccc(Cl)nc2)n1. The van der Waals surface area contributed by atoms with E-state index in [1.54, 1.807) is 12.1 Å². The molecule has 35 heavy (non-hydrogen) atoms. The van der Waals surface area contributed by atoms with E-state index in [-0.39, 0.29) is 33.5 Å². The maximum Gasteiger partial charge on any atom is 0.416 e. The Bertz CT molecular complexity index is 1340. The van der Waals surface area contributed by atoms with Crippen LogP contribution in [0.5, 0.6) is 0 Å². The molecule has 0 aliphatic rings. The van der Waals surface area contributed by atoms with E-state index in [2.05, 4.69) is 35.8 Å². The van der Waals surface area contributed by atoms with E-state index in [4.69, 9.17) is 23.2 Å². The largest absolute Gasteiger partial charge is 0.416 e. The number of pyridine rings is 1. The minimum absolute atomic E-state index is 0.0191. The van der Waals surface area contributed by atoms with E-state index in [1.807, 2.05) is 0 Å². The molecule has 0 aliphatic carbocycles. The summed E-state index contributed by atoms with van der Waals surface area (Å²) < 4.78 is 52.7. The molecular formula is C22H13Cl2F4N7. The second kappa shape index (κ2) is 10.2. The van der Waals surface area contributed by atoms with Crippen molar-refractivity contribution < 1.29 is 17.6 Å². The average molecular weight is 522 g/mol. The molecule has 0 saturated carbocycles. The summed E-state index contributed by atoms with van der Waals surface area (Å²) in [4.78, 5) is 16.5. The Balaban J connectivity index is 1.63. The smallest absolute Gasteiger partial charge is 0.323 e. The molecule has 0 spiro atoms. The molecular weight excluding hydrogens is 509 g/mol. The lowest BCUT2D eigenvalue weighted by Crippen LogP contribution is -2.06. The van der Waals surface area contributed by atoms with Crippen LogP contribution in [0.4, 0.5) is 35.1 Å². The van der Waals surface area contributed by atoms with Gasteiger partial charge in [0.1, 0.15) is 11.0 Å². The highest BCUT2D eigenvalue weighted by Crippen LogP contribution is 2.30. The number of hydrogen-bond donors (Lipinski definition) is 2. The molecule has 0 bridgehead atoms. The molecule has 0 amide bonds. The summed E-state index contributed by atoms with van der Waals surface area (Å²) in [7, 11) is 0. The lowest BCUT2D eigenvalue weighted by Gasteiger charge is -2.10. The number of anilines is 3. The Morgan fingerprint density at radius 2 is 1.63 bits per heavy atom. The fourth-order valence-corrected chi connectivity index (χ4v) is 3.17. The van der Waals surface area contributed by atoms with Crippen molar-refractivity contribution in [1.82, 2.24) is 19.9 Å². The third-order valence-electron chi connectivity index (χ3n) is 4.42. The fraction of sp³-hybridized carbons (Fsp3) is 0.0455. The molecule has 2 aromatic carbocycles. The number of alkyl halides is 3. The van der Waals surface area contributed by atoms with Gasteiger partial charge in [-0.1, -0.05) is 41.4 Å². The van der Waals surface area contributed by atoms with Crippen LogP contribution in [0.25, 0.3) is 11.4 Å². The summed E-state index contributed by atoms with van der Waals surface area (Å²) in [6, 6.07) is 11.7. The van der Waals surface area contributed by atoms with Crippen LogP contribution in [-0.2, 0) is 6.18 Å². The number of nitrogens with one attached hydrogen (secondary N) is 2. The Hall–Kier alpha value is -3.83. The predicted octanol–water partition coefficient (Wildman–Crippen LogP) is 6.59. The first kappa shape index (κ1) is 24.3. The summed E-state index contributed by atoms with van der Waals surface area (Å²) in [6.45, 7) is 0. The van der Waals surface area contributed by atoms with Crippen molar-refractivity contribution in [2.45, 2.75) is 6.18 Å². The maximum absolute atomic E-state index is 14.5. The van der Waals surface area contributed by atoms with Crippen LogP contribution in [0, 0.1) is 5.82 Å². The molecule has 7 nitrogen and oxygen atoms in total. The molecule has 0 radical (unpaired) electrons. The molecule has 4 rings (SSSR count). The van der Waals surface area contributed by atoms with E-state index in [1.165, 1.54) is 42.7 Å². The number of nitrogens with zero attached hydrogens (tertiary/aromatic N) is 5. The van der Waals surface area contributed by atoms with Gasteiger partial charge in [-0.25, -0.2) is 14.8 Å². The van der Waals surface area contributed by atoms with Gasteiger partial charge in [0.2, 0.25) is 11.9 Å². The van der Waals surface area contributed by atoms with Crippen LogP contribution in [0.1, 0.15) is 11.1 Å². The van der Waals surface area contributed by atoms with E-state index in [0.29, 0.717) is 11.3 Å². The first-order valence-electron chi connectivity index (χ1n) is 9.74. The minimum atomic E-state index is -4.44. The topological polar surface area (TPSA) is 88.0 Å². The number of aromatic nitrogens is 4. The van der Waals surface area contributed by atoms with Gasteiger partial charge in [-0.2, -0.15) is 33.2 Å². The number of hydrogen-bond acceptors (Lipinski definition) is 7. The second-order valence-electron chi connectivity index (χ2n) is 6.89. The summed E-state index contributed by atoms with van der Waals surface area (Å²) in [5.41, 5.74) is 2.62. The first-order chi connectivity index (χ1) is 16.7. The van der Waals surface area contributed by atoms with Crippen LogP contribution in [0.2, 0.25) is 10.2 Å². The molecule has 178 valence electrons. The third kappa shape index (κ3) is 6.19. The van der Waals surface area contributed by atoms with E-state index in [0.717, 1.165) is 12.1 Å². The fourth-order valence-electron chi connectivity index (χ4n) is 2.81. The zero-order valence-corrected chi connectivity index (χ0v) is 18.9. The maximum atomic E-state index is 14.5. The van der Waals surface area contributed by atoms with Crippen molar-refractivity contribution in [3.8, 4) is 11.4 Å². The Morgan fingerprint density at radius 1 is 0.886 bits per heavy atom. The molecule has 0 unspecified atom stereocenters. The lowest BCUT2D eigenvalue weighted by molar-refractivity contribution is -0.137. The highest BCUT2D eigenvalue weighted by molar-refractivity contribution is 6.33. The predicted molar refractivity (Wildman–Crippen MR) is 125 cm³/mol. The highest BCUT2D eigenvalue weighted by Gasteiger charge is 2.29. The van der Waals surface area contributed by atoms with Gasteiger partial charge in [0, 0.05) is 0 Å². The molecule has 2 heterocycles. The van der Waals surface area contributed by atoms with Crippen LogP contribution >= 0.6 is 23.2 Å². The zero-order chi connectivity index (χ0) is 25.0. The minimum Gasteiger partial charge on any atom is -0.323 e. The molecule has 0 atom stereocenters. The van der Waals surface area contributed by atoms with Gasteiger partial charge in [0.25, 0.3) is 0 Å². The number of benzene rings is 2. The van der Waals surface area contributed by atoms with Crippen molar-refractivity contribution in [3.05, 3.63) is 87.9 Å². The monoisotopic (exact) mass is 521 g/mol. The van der Waals surface area contributed by atoms with E-state index < -0.39 is 17.6 Å². The summed E-state index contributed by atoms with van der Waals surface area (Å²) in [6.07, 6.45) is -1.72. The van der Waals surface area contributed by atoms with Crippen LogP contribution < -0.4 is 10.7 Å². The Labute approximate surface area is 205 Å². The Kier molecular flexibility index (Phi) is 7.08. The Morgan fingerprint density at radius 3 is 2.29 bits per heavy atom. The summed E-state index contributed by atoms with van der Waals surface area (Å²) >= 11 is 12.0. The van der Waals surface area contributed by atoms with E-state index >= 15 is 0 Å². The van der Waals surface area contributed by atoms with Crippen LogP contribution in [0.3, 0.4) is 0 Å². The average Bonchev–Trinajstić information content (AvgIpc) is 2.80. The molecule has 2 aromatic heterocycles. The van der Waals surface area contributed by atoms with Gasteiger partial charge in [-0.05, 0) is 42.0 Å². The number of halogens is 6. The lowest BCUT2D eigenvalue weighted by atomic mass is 10.1. The van der Waals surface area contributed by atoms with Crippen molar-refractivity contribution >= 4 is 47.0 Å². The highest BCUT2D eigenvalue weighted by atomic mass is 35.5. The summed E-state index contributed by atoms with van der Waals surface area (Å²) in [5.74, 6) is -0.797. The van der Waals surface area contributed by atoms with Crippen molar-refractivity contribution in [3.63, 3.8) is 0 Å². The summed E-state index contributed by atoms with van der Waals surface area (Å²) in [5, 5.41) is 7.21. The first-order valence-corrected chi connectivity index (χ1v) is 10.5. The van der Waals surface area contributed by atoms with Gasteiger partial charge < -0.3 is 5.32 Å². The van der Waals surface area contributed by atoms with E-state index in [9.17, 15) is 17.6 Å². The van der Waals surface area contributed by atoms with Gasteiger partial charge in [0.15, 0.2) is 5.82 Å². The molecule has 0 fully saturated rings. The molecule has 13 heteroatoms. The number of hydrazone groups is 1. The van der Waals surface area contributed by atoms with Gasteiger partial charge in [-0.3, -0.25) is 0 Å². The molecule has 0 saturated heterocycles. The molecule has 4 aromatic rings. The number of rotatable bonds is 6. The van der Waals surface area contributed by atoms with Crippen molar-refractivity contribution in [2.75, 3.05) is 10.7 Å².